The predicted molar refractivity (Wildman–Crippen MR) is 80.1 cm³/mol. The van der Waals surface area contributed by atoms with Crippen molar-refractivity contribution in [3.05, 3.63) is 11.6 Å². The quantitative estimate of drug-likeness (QED) is 0.745. The molecule has 0 aromatic carbocycles. The molecule has 1 atom stereocenters. The number of hydrogen-bond acceptors (Lipinski definition) is 6. The smallest absolute Gasteiger partial charge is 0.234 e. The third kappa shape index (κ3) is 3.46. The first kappa shape index (κ1) is 15.4. The molecule has 3 heterocycles. The number of aromatic nitrogens is 3. The number of amides is 1. The zero-order valence-corrected chi connectivity index (χ0v) is 13.5. The molecule has 3 rings (SSSR count). The van der Waals surface area contributed by atoms with Crippen LogP contribution in [0, 0.1) is 6.92 Å². The van der Waals surface area contributed by atoms with Gasteiger partial charge in [0.2, 0.25) is 5.91 Å². The molecule has 9 heteroatoms. The Bertz CT molecular complexity index is 655. The lowest BCUT2D eigenvalue weighted by atomic mass is 10.1. The van der Waals surface area contributed by atoms with Crippen LogP contribution in [0.2, 0.25) is 0 Å². The van der Waals surface area contributed by atoms with Gasteiger partial charge in [0.1, 0.15) is 11.6 Å². The maximum Gasteiger partial charge on any atom is 0.234 e. The van der Waals surface area contributed by atoms with Gasteiger partial charge < -0.3 is 9.88 Å². The minimum absolute atomic E-state index is 0.0431. The zero-order chi connectivity index (χ0) is 15.7. The highest BCUT2D eigenvalue weighted by Gasteiger charge is 2.26. The van der Waals surface area contributed by atoms with Crippen LogP contribution in [0.5, 0.6) is 0 Å². The van der Waals surface area contributed by atoms with E-state index in [0.717, 1.165) is 24.5 Å². The monoisotopic (exact) mass is 327 g/mol. The Morgan fingerprint density at radius 3 is 2.77 bits per heavy atom. The second-order valence-electron chi connectivity index (χ2n) is 6.01. The van der Waals surface area contributed by atoms with Crippen molar-refractivity contribution in [1.29, 1.82) is 0 Å². The molecule has 1 aromatic rings. The molecular formula is C13H21N5O3S. The molecular weight excluding hydrogens is 306 g/mol. The summed E-state index contributed by atoms with van der Waals surface area (Å²) < 4.78 is 24.8. The van der Waals surface area contributed by atoms with Crippen LogP contribution in [0.15, 0.2) is 0 Å². The summed E-state index contributed by atoms with van der Waals surface area (Å²) in [5, 5.41) is 11.2. The van der Waals surface area contributed by atoms with Gasteiger partial charge in [-0.1, -0.05) is 0 Å². The van der Waals surface area contributed by atoms with Crippen LogP contribution < -0.4 is 5.32 Å². The Labute approximate surface area is 129 Å². The number of rotatable bonds is 3. The Morgan fingerprint density at radius 2 is 2.05 bits per heavy atom. The maximum atomic E-state index is 12.1. The number of hydrogen-bond donors (Lipinski definition) is 1. The first-order valence-corrected chi connectivity index (χ1v) is 9.36. The molecule has 0 saturated carbocycles. The van der Waals surface area contributed by atoms with E-state index in [1.165, 1.54) is 0 Å². The Balaban J connectivity index is 1.50. The fourth-order valence-corrected chi connectivity index (χ4v) is 4.24. The van der Waals surface area contributed by atoms with E-state index in [0.29, 0.717) is 19.6 Å². The molecule has 0 bridgehead atoms. The highest BCUT2D eigenvalue weighted by Crippen LogP contribution is 2.14. The molecule has 0 unspecified atom stereocenters. The summed E-state index contributed by atoms with van der Waals surface area (Å²) in [7, 11) is -2.90. The maximum absolute atomic E-state index is 12.1. The van der Waals surface area contributed by atoms with E-state index in [-0.39, 0.29) is 30.0 Å². The van der Waals surface area contributed by atoms with Crippen LogP contribution in [0.3, 0.4) is 0 Å². The van der Waals surface area contributed by atoms with Crippen molar-refractivity contribution < 1.29 is 13.2 Å². The topological polar surface area (TPSA) is 97.2 Å². The number of aryl methyl sites for hydroxylation is 2. The molecule has 0 aliphatic carbocycles. The first-order valence-electron chi connectivity index (χ1n) is 7.54. The number of fused-ring (bicyclic) bond motifs is 1. The number of sulfone groups is 1. The van der Waals surface area contributed by atoms with Crippen molar-refractivity contribution in [3.8, 4) is 0 Å². The molecule has 1 aromatic heterocycles. The second-order valence-corrected chi connectivity index (χ2v) is 8.31. The van der Waals surface area contributed by atoms with Crippen molar-refractivity contribution in [2.45, 2.75) is 32.4 Å². The molecule has 22 heavy (non-hydrogen) atoms. The lowest BCUT2D eigenvalue weighted by molar-refractivity contribution is -0.123. The van der Waals surface area contributed by atoms with Gasteiger partial charge in [-0.25, -0.2) is 8.42 Å². The van der Waals surface area contributed by atoms with Crippen molar-refractivity contribution in [1.82, 2.24) is 25.0 Å². The molecule has 1 fully saturated rings. The van der Waals surface area contributed by atoms with Crippen LogP contribution in [0.1, 0.15) is 18.1 Å². The van der Waals surface area contributed by atoms with E-state index in [2.05, 4.69) is 15.5 Å². The molecule has 2 aliphatic heterocycles. The lowest BCUT2D eigenvalue weighted by Gasteiger charge is -2.28. The Kier molecular flexibility index (Phi) is 4.18. The lowest BCUT2D eigenvalue weighted by Crippen LogP contribution is -2.48. The third-order valence-corrected chi connectivity index (χ3v) is 5.91. The summed E-state index contributed by atoms with van der Waals surface area (Å²) >= 11 is 0. The highest BCUT2D eigenvalue weighted by atomic mass is 32.2. The fraction of sp³-hybridized carbons (Fsp3) is 0.769. The number of carbonyl (C=O) groups is 1. The standard InChI is InChI=1S/C13H21N5O3S/c1-10-15-16-12-3-2-11(8-18(10)12)14-13(19)9-17-4-6-22(20,21)7-5-17/h11H,2-9H2,1H3,(H,14,19)/t11-/m1/s1. The van der Waals surface area contributed by atoms with Gasteiger partial charge in [-0.3, -0.25) is 9.69 Å². The van der Waals surface area contributed by atoms with Gasteiger partial charge in [0.25, 0.3) is 0 Å². The first-order chi connectivity index (χ1) is 10.4. The van der Waals surface area contributed by atoms with Crippen LogP contribution in [-0.4, -0.2) is 71.2 Å². The number of nitrogens with zero attached hydrogens (tertiary/aromatic N) is 4. The number of nitrogens with one attached hydrogen (secondary N) is 1. The molecule has 1 amide bonds. The van der Waals surface area contributed by atoms with Crippen LogP contribution >= 0.6 is 0 Å². The Morgan fingerprint density at radius 1 is 1.32 bits per heavy atom. The van der Waals surface area contributed by atoms with E-state index in [1.807, 2.05) is 16.4 Å². The Hall–Kier alpha value is -1.48. The van der Waals surface area contributed by atoms with E-state index in [9.17, 15) is 13.2 Å². The molecule has 8 nitrogen and oxygen atoms in total. The summed E-state index contributed by atoms with van der Waals surface area (Å²) in [5.41, 5.74) is 0. The third-order valence-electron chi connectivity index (χ3n) is 4.30. The van der Waals surface area contributed by atoms with Gasteiger partial charge in [0, 0.05) is 32.1 Å². The van der Waals surface area contributed by atoms with Crippen molar-refractivity contribution >= 4 is 15.7 Å². The van der Waals surface area contributed by atoms with Crippen LogP contribution in [0.4, 0.5) is 0 Å². The SMILES string of the molecule is Cc1nnc2n1C[C@H](NC(=O)CN1CCS(=O)(=O)CC1)CC2. The minimum Gasteiger partial charge on any atom is -0.350 e. The summed E-state index contributed by atoms with van der Waals surface area (Å²) in [5.74, 6) is 2.10. The van der Waals surface area contributed by atoms with E-state index < -0.39 is 9.84 Å². The number of carbonyl (C=O) groups excluding carboxylic acids is 1. The van der Waals surface area contributed by atoms with Gasteiger partial charge in [-0.15, -0.1) is 10.2 Å². The van der Waals surface area contributed by atoms with Gasteiger partial charge in [-0.05, 0) is 13.3 Å². The summed E-state index contributed by atoms with van der Waals surface area (Å²) in [4.78, 5) is 14.0. The zero-order valence-electron chi connectivity index (χ0n) is 12.7. The van der Waals surface area contributed by atoms with Crippen LogP contribution in [0.25, 0.3) is 0 Å². The average Bonchev–Trinajstić information content (AvgIpc) is 2.83. The highest BCUT2D eigenvalue weighted by molar-refractivity contribution is 7.91. The molecule has 1 saturated heterocycles. The van der Waals surface area contributed by atoms with E-state index in [1.54, 1.807) is 0 Å². The molecule has 122 valence electrons. The second kappa shape index (κ2) is 5.96. The fourth-order valence-electron chi connectivity index (χ4n) is 2.96. The van der Waals surface area contributed by atoms with Crippen molar-refractivity contribution in [3.63, 3.8) is 0 Å². The average molecular weight is 327 g/mol. The summed E-state index contributed by atoms with van der Waals surface area (Å²) in [6, 6.07) is 0.0863. The molecule has 2 aliphatic rings. The van der Waals surface area contributed by atoms with Gasteiger partial charge in [-0.2, -0.15) is 0 Å². The van der Waals surface area contributed by atoms with Gasteiger partial charge in [0.05, 0.1) is 18.1 Å². The van der Waals surface area contributed by atoms with Crippen molar-refractivity contribution in [2.24, 2.45) is 0 Å². The van der Waals surface area contributed by atoms with Crippen LogP contribution in [-0.2, 0) is 27.6 Å². The molecule has 0 spiro atoms. The normalized spacial score (nSPS) is 24.7. The summed E-state index contributed by atoms with van der Waals surface area (Å²) in [6.07, 6.45) is 1.67. The largest absolute Gasteiger partial charge is 0.350 e. The predicted octanol–water partition coefficient (Wildman–Crippen LogP) is -1.25. The van der Waals surface area contributed by atoms with E-state index in [4.69, 9.17) is 0 Å². The minimum atomic E-state index is -2.90. The summed E-state index contributed by atoms with van der Waals surface area (Å²) in [6.45, 7) is 3.76. The molecule has 0 radical (unpaired) electrons. The van der Waals surface area contributed by atoms with Gasteiger partial charge in [0.15, 0.2) is 9.84 Å². The molecule has 1 N–H and O–H groups in total. The van der Waals surface area contributed by atoms with Crippen molar-refractivity contribution in [2.75, 3.05) is 31.1 Å². The van der Waals surface area contributed by atoms with Gasteiger partial charge >= 0.3 is 0 Å². The van der Waals surface area contributed by atoms with E-state index >= 15 is 0 Å².